The normalized spacial score (nSPS) is 22.1. The molecule has 0 unspecified atom stereocenters. The summed E-state index contributed by atoms with van der Waals surface area (Å²) in [5, 5.41) is 9.65. The Hall–Kier alpha value is -0.930. The summed E-state index contributed by atoms with van der Waals surface area (Å²) in [5.74, 6) is 0. The first-order valence-electron chi connectivity index (χ1n) is 6.81. The molecule has 1 aliphatic heterocycles. The van der Waals surface area contributed by atoms with Gasteiger partial charge in [-0.05, 0) is 31.0 Å². The van der Waals surface area contributed by atoms with Gasteiger partial charge in [0.15, 0.2) is 0 Å². The predicted molar refractivity (Wildman–Crippen MR) is 73.5 cm³/mol. The van der Waals surface area contributed by atoms with Crippen LogP contribution in [0.1, 0.15) is 44.9 Å². The molecule has 1 aromatic heterocycles. The first-order valence-corrected chi connectivity index (χ1v) is 6.81. The van der Waals surface area contributed by atoms with Crippen LogP contribution in [0.15, 0.2) is 18.3 Å². The Bertz CT molecular complexity index is 380. The summed E-state index contributed by atoms with van der Waals surface area (Å²) in [5.41, 5.74) is 2.47. The maximum Gasteiger partial charge on any atom is 0.0667 e. The predicted octanol–water partition coefficient (Wildman–Crippen LogP) is 2.34. The molecule has 3 heteroatoms. The summed E-state index contributed by atoms with van der Waals surface area (Å²) < 4.78 is 0. The molecule has 0 bridgehead atoms. The van der Waals surface area contributed by atoms with Crippen molar-refractivity contribution in [2.75, 3.05) is 13.1 Å². The highest BCUT2D eigenvalue weighted by atomic mass is 16.3. The third kappa shape index (κ3) is 3.53. The van der Waals surface area contributed by atoms with E-state index in [1.807, 2.05) is 6.20 Å². The number of piperidine rings is 1. The van der Waals surface area contributed by atoms with E-state index < -0.39 is 0 Å². The first-order chi connectivity index (χ1) is 8.45. The molecule has 0 spiro atoms. The summed E-state index contributed by atoms with van der Waals surface area (Å²) in [6.07, 6.45) is 3.86. The number of aliphatic hydroxyl groups excluding tert-OH is 1. The van der Waals surface area contributed by atoms with Crippen LogP contribution in [0.3, 0.4) is 0 Å². The third-order valence-corrected chi connectivity index (χ3v) is 3.48. The minimum atomic E-state index is -0.152. The van der Waals surface area contributed by atoms with Crippen LogP contribution >= 0.6 is 0 Å². The Balaban J connectivity index is 1.98. The summed E-state index contributed by atoms with van der Waals surface area (Å²) in [6.45, 7) is 9.30. The largest absolute Gasteiger partial charge is 0.392 e. The van der Waals surface area contributed by atoms with Crippen molar-refractivity contribution in [3.8, 4) is 0 Å². The van der Waals surface area contributed by atoms with Crippen molar-refractivity contribution in [3.05, 3.63) is 29.6 Å². The number of rotatable bonds is 2. The van der Waals surface area contributed by atoms with Crippen LogP contribution in [0.2, 0.25) is 0 Å². The van der Waals surface area contributed by atoms with Gasteiger partial charge >= 0.3 is 0 Å². The van der Waals surface area contributed by atoms with Gasteiger partial charge in [0.1, 0.15) is 0 Å². The van der Waals surface area contributed by atoms with Crippen LogP contribution in [0.5, 0.6) is 0 Å². The van der Waals surface area contributed by atoms with Crippen molar-refractivity contribution in [1.82, 2.24) is 9.88 Å². The minimum absolute atomic E-state index is 0.111. The van der Waals surface area contributed by atoms with Gasteiger partial charge in [0, 0.05) is 30.4 Å². The lowest BCUT2D eigenvalue weighted by Crippen LogP contribution is -2.37. The van der Waals surface area contributed by atoms with Gasteiger partial charge in [-0.25, -0.2) is 0 Å². The van der Waals surface area contributed by atoms with Gasteiger partial charge in [-0.1, -0.05) is 26.8 Å². The standard InChI is InChI=1S/C15H24N2O/c1-15(2,3)14-7-6-12(9-16-14)10-17-8-4-5-13(18)11-17/h6-7,9,13,18H,4-5,8,10-11H2,1-3H3/t13-/m1/s1. The Labute approximate surface area is 110 Å². The Morgan fingerprint density at radius 3 is 2.72 bits per heavy atom. The number of likely N-dealkylation sites (tertiary alicyclic amines) is 1. The molecule has 1 aromatic rings. The highest BCUT2D eigenvalue weighted by molar-refractivity contribution is 5.19. The molecule has 0 aromatic carbocycles. The lowest BCUT2D eigenvalue weighted by molar-refractivity contribution is 0.0668. The van der Waals surface area contributed by atoms with E-state index in [9.17, 15) is 5.11 Å². The second-order valence-corrected chi connectivity index (χ2v) is 6.33. The molecule has 1 saturated heterocycles. The molecular formula is C15H24N2O. The fourth-order valence-corrected chi connectivity index (χ4v) is 2.39. The molecule has 3 nitrogen and oxygen atoms in total. The molecule has 1 fully saturated rings. The molecule has 2 rings (SSSR count). The number of nitrogens with zero attached hydrogens (tertiary/aromatic N) is 2. The maximum atomic E-state index is 9.65. The maximum absolute atomic E-state index is 9.65. The molecule has 0 radical (unpaired) electrons. The van der Waals surface area contributed by atoms with E-state index in [4.69, 9.17) is 0 Å². The van der Waals surface area contributed by atoms with Crippen molar-refractivity contribution in [3.63, 3.8) is 0 Å². The lowest BCUT2D eigenvalue weighted by Gasteiger charge is -2.30. The van der Waals surface area contributed by atoms with E-state index in [0.717, 1.165) is 38.2 Å². The van der Waals surface area contributed by atoms with Gasteiger partial charge in [-0.15, -0.1) is 0 Å². The second kappa shape index (κ2) is 5.37. The number of pyridine rings is 1. The molecule has 18 heavy (non-hydrogen) atoms. The van der Waals surface area contributed by atoms with E-state index in [0.29, 0.717) is 0 Å². The van der Waals surface area contributed by atoms with Crippen LogP contribution in [0, 0.1) is 0 Å². The van der Waals surface area contributed by atoms with Crippen LogP contribution in [-0.4, -0.2) is 34.2 Å². The number of aliphatic hydroxyl groups is 1. The van der Waals surface area contributed by atoms with E-state index >= 15 is 0 Å². The molecule has 1 aliphatic rings. The topological polar surface area (TPSA) is 36.4 Å². The highest BCUT2D eigenvalue weighted by Crippen LogP contribution is 2.20. The van der Waals surface area contributed by atoms with Gasteiger partial charge in [0.2, 0.25) is 0 Å². The fraction of sp³-hybridized carbons (Fsp3) is 0.667. The number of β-amino-alcohol motifs (C(OH)–C–C–N with tert-alkyl or cyclic N) is 1. The van der Waals surface area contributed by atoms with E-state index in [1.54, 1.807) is 0 Å². The van der Waals surface area contributed by atoms with Crippen molar-refractivity contribution >= 4 is 0 Å². The van der Waals surface area contributed by atoms with Gasteiger partial charge in [-0.3, -0.25) is 9.88 Å². The van der Waals surface area contributed by atoms with Crippen LogP contribution < -0.4 is 0 Å². The zero-order chi connectivity index (χ0) is 13.2. The molecular weight excluding hydrogens is 224 g/mol. The summed E-state index contributed by atoms with van der Waals surface area (Å²) >= 11 is 0. The third-order valence-electron chi connectivity index (χ3n) is 3.48. The van der Waals surface area contributed by atoms with E-state index in [-0.39, 0.29) is 11.5 Å². The lowest BCUT2D eigenvalue weighted by atomic mass is 9.91. The molecule has 0 amide bonds. The first kappa shape index (κ1) is 13.5. The van der Waals surface area contributed by atoms with Gasteiger partial charge in [0.05, 0.1) is 6.10 Å². The van der Waals surface area contributed by atoms with Crippen LogP contribution in [0.4, 0.5) is 0 Å². The summed E-state index contributed by atoms with van der Waals surface area (Å²) in [7, 11) is 0. The van der Waals surface area contributed by atoms with Crippen LogP contribution in [-0.2, 0) is 12.0 Å². The molecule has 100 valence electrons. The zero-order valence-corrected chi connectivity index (χ0v) is 11.7. The Morgan fingerprint density at radius 2 is 2.17 bits per heavy atom. The van der Waals surface area contributed by atoms with Crippen molar-refractivity contribution in [2.24, 2.45) is 0 Å². The van der Waals surface area contributed by atoms with Gasteiger partial charge in [-0.2, -0.15) is 0 Å². The van der Waals surface area contributed by atoms with Gasteiger partial charge in [0.25, 0.3) is 0 Å². The molecule has 0 aliphatic carbocycles. The second-order valence-electron chi connectivity index (χ2n) is 6.33. The highest BCUT2D eigenvalue weighted by Gasteiger charge is 2.18. The van der Waals surface area contributed by atoms with Gasteiger partial charge < -0.3 is 5.11 Å². The average molecular weight is 248 g/mol. The SMILES string of the molecule is CC(C)(C)c1ccc(CN2CCC[C@@H](O)C2)cn1. The summed E-state index contributed by atoms with van der Waals surface area (Å²) in [4.78, 5) is 6.85. The van der Waals surface area contributed by atoms with Crippen molar-refractivity contribution in [2.45, 2.75) is 51.7 Å². The molecule has 2 heterocycles. The van der Waals surface area contributed by atoms with Crippen LogP contribution in [0.25, 0.3) is 0 Å². The van der Waals surface area contributed by atoms with E-state index in [1.165, 1.54) is 5.56 Å². The average Bonchev–Trinajstić information content (AvgIpc) is 2.28. The molecule has 1 N–H and O–H groups in total. The number of hydrogen-bond donors (Lipinski definition) is 1. The minimum Gasteiger partial charge on any atom is -0.392 e. The van der Waals surface area contributed by atoms with Crippen molar-refractivity contribution in [1.29, 1.82) is 0 Å². The fourth-order valence-electron chi connectivity index (χ4n) is 2.39. The van der Waals surface area contributed by atoms with E-state index in [2.05, 4.69) is 42.8 Å². The molecule has 1 atom stereocenters. The molecule has 0 saturated carbocycles. The number of aromatic nitrogens is 1. The summed E-state index contributed by atoms with van der Waals surface area (Å²) in [6, 6.07) is 4.28. The van der Waals surface area contributed by atoms with Crippen molar-refractivity contribution < 1.29 is 5.11 Å². The quantitative estimate of drug-likeness (QED) is 0.872. The Kier molecular flexibility index (Phi) is 4.03. The Morgan fingerprint density at radius 1 is 1.39 bits per heavy atom. The smallest absolute Gasteiger partial charge is 0.0667 e. The number of hydrogen-bond acceptors (Lipinski definition) is 3. The monoisotopic (exact) mass is 248 g/mol. The zero-order valence-electron chi connectivity index (χ0n) is 11.7.